The monoisotopic (exact) mass is 357 g/mol. The summed E-state index contributed by atoms with van der Waals surface area (Å²) in [4.78, 5) is 1.04. The van der Waals surface area contributed by atoms with Crippen molar-refractivity contribution in [1.82, 2.24) is 5.32 Å². The molecule has 1 aliphatic carbocycles. The van der Waals surface area contributed by atoms with Crippen molar-refractivity contribution in [3.8, 4) is 11.1 Å². The van der Waals surface area contributed by atoms with Gasteiger partial charge < -0.3 is 15.4 Å². The minimum atomic E-state index is -0.104. The van der Waals surface area contributed by atoms with Gasteiger partial charge in [-0.25, -0.2) is 4.39 Å². The molecule has 2 N–H and O–H groups in total. The quantitative estimate of drug-likeness (QED) is 0.615. The van der Waals surface area contributed by atoms with Crippen molar-refractivity contribution >= 4 is 23.6 Å². The molecule has 6 heteroatoms. The minimum Gasteiger partial charge on any atom is -0.383 e. The Kier molecular flexibility index (Phi) is 4.63. The first-order chi connectivity index (χ1) is 12.3. The van der Waals surface area contributed by atoms with Crippen molar-refractivity contribution in [2.45, 2.75) is 23.7 Å². The first-order valence-corrected chi connectivity index (χ1v) is 9.22. The maximum atomic E-state index is 14.5. The Morgan fingerprint density at radius 3 is 2.84 bits per heavy atom. The maximum absolute atomic E-state index is 14.5. The van der Waals surface area contributed by atoms with E-state index in [-0.39, 0.29) is 5.82 Å². The van der Waals surface area contributed by atoms with Gasteiger partial charge in [-0.15, -0.1) is 0 Å². The number of guanidine groups is 1. The van der Waals surface area contributed by atoms with E-state index in [1.165, 1.54) is 11.9 Å². The molecule has 0 unspecified atom stereocenters. The van der Waals surface area contributed by atoms with Gasteiger partial charge in [0, 0.05) is 31.2 Å². The molecule has 0 spiro atoms. The highest BCUT2D eigenvalue weighted by molar-refractivity contribution is 7.98. The largest absolute Gasteiger partial charge is 0.383 e. The lowest BCUT2D eigenvalue weighted by atomic mass is 9.95. The normalized spacial score (nSPS) is 16.0. The molecule has 1 aliphatic heterocycles. The van der Waals surface area contributed by atoms with Crippen LogP contribution in [0.3, 0.4) is 0 Å². The van der Waals surface area contributed by atoms with Gasteiger partial charge in [-0.3, -0.25) is 0 Å². The zero-order chi connectivity index (χ0) is 17.2. The third kappa shape index (κ3) is 3.37. The first-order valence-electron chi connectivity index (χ1n) is 8.44. The van der Waals surface area contributed by atoms with E-state index < -0.39 is 0 Å². The van der Waals surface area contributed by atoms with Crippen LogP contribution in [0.1, 0.15) is 24.3 Å². The highest BCUT2D eigenvalue weighted by Gasteiger charge is 2.30. The van der Waals surface area contributed by atoms with Gasteiger partial charge in [0.2, 0.25) is 5.96 Å². The molecule has 25 heavy (non-hydrogen) atoms. The van der Waals surface area contributed by atoms with Gasteiger partial charge in [-0.1, -0.05) is 24.3 Å². The lowest BCUT2D eigenvalue weighted by molar-refractivity contribution is 0.204. The molecule has 0 radical (unpaired) electrons. The van der Waals surface area contributed by atoms with Gasteiger partial charge in [0.05, 0.1) is 17.2 Å². The van der Waals surface area contributed by atoms with Crippen LogP contribution in [0, 0.1) is 5.82 Å². The van der Waals surface area contributed by atoms with Crippen LogP contribution < -0.4 is 10.6 Å². The summed E-state index contributed by atoms with van der Waals surface area (Å²) in [6.07, 6.45) is 2.13. The Morgan fingerprint density at radius 2 is 2.04 bits per heavy atom. The predicted octanol–water partition coefficient (Wildman–Crippen LogP) is 4.39. The zero-order valence-corrected chi connectivity index (χ0v) is 14.8. The average Bonchev–Trinajstić information content (AvgIpc) is 3.46. The van der Waals surface area contributed by atoms with Crippen LogP contribution in [0.2, 0.25) is 0 Å². The Hall–Kier alpha value is -2.05. The van der Waals surface area contributed by atoms with Crippen LogP contribution in [0.5, 0.6) is 0 Å². The van der Waals surface area contributed by atoms with Gasteiger partial charge in [0.1, 0.15) is 5.82 Å². The third-order valence-electron chi connectivity index (χ3n) is 4.43. The molecule has 130 valence electrons. The van der Waals surface area contributed by atoms with E-state index in [1.54, 1.807) is 19.2 Å². The molecule has 2 aliphatic rings. The maximum Gasteiger partial charge on any atom is 0.208 e. The number of benzene rings is 2. The third-order valence-corrected chi connectivity index (χ3v) is 5.24. The van der Waals surface area contributed by atoms with E-state index in [2.05, 4.69) is 15.0 Å². The number of ether oxygens (including phenoxy) is 1. The molecule has 0 aromatic heterocycles. The predicted molar refractivity (Wildman–Crippen MR) is 101 cm³/mol. The van der Waals surface area contributed by atoms with E-state index in [9.17, 15) is 4.39 Å². The number of para-hydroxylation sites is 1. The van der Waals surface area contributed by atoms with E-state index in [1.807, 2.05) is 24.3 Å². The van der Waals surface area contributed by atoms with Gasteiger partial charge in [0.25, 0.3) is 0 Å². The van der Waals surface area contributed by atoms with Crippen LogP contribution >= 0.6 is 11.9 Å². The van der Waals surface area contributed by atoms with Crippen molar-refractivity contribution in [1.29, 1.82) is 0 Å². The highest BCUT2D eigenvalue weighted by Crippen LogP contribution is 2.48. The second-order valence-electron chi connectivity index (χ2n) is 6.23. The van der Waals surface area contributed by atoms with Crippen molar-refractivity contribution < 1.29 is 9.13 Å². The summed E-state index contributed by atoms with van der Waals surface area (Å²) in [5.74, 6) is 0.941. The SMILES string of the molecule is COCCNC1=NSc2cccc(-c3cccc(F)c3C3CC3)c2N1. The summed E-state index contributed by atoms with van der Waals surface area (Å²) < 4.78 is 24.0. The summed E-state index contributed by atoms with van der Waals surface area (Å²) in [6, 6.07) is 11.4. The van der Waals surface area contributed by atoms with Crippen molar-refractivity contribution in [2.24, 2.45) is 4.40 Å². The Labute approximate surface area is 151 Å². The molecule has 1 fully saturated rings. The summed E-state index contributed by atoms with van der Waals surface area (Å²) in [5.41, 5.74) is 3.83. The Balaban J connectivity index is 1.69. The molecule has 1 heterocycles. The number of hydrogen-bond acceptors (Lipinski definition) is 5. The minimum absolute atomic E-state index is 0.104. The smallest absolute Gasteiger partial charge is 0.208 e. The molecule has 1 saturated carbocycles. The highest BCUT2D eigenvalue weighted by atomic mass is 32.2. The molecule has 2 aromatic carbocycles. The number of anilines is 1. The summed E-state index contributed by atoms with van der Waals surface area (Å²) in [5, 5.41) is 6.59. The fraction of sp³-hybridized carbons (Fsp3) is 0.316. The van der Waals surface area contributed by atoms with Gasteiger partial charge in [-0.2, -0.15) is 4.40 Å². The Morgan fingerprint density at radius 1 is 1.24 bits per heavy atom. The summed E-state index contributed by atoms with van der Waals surface area (Å²) >= 11 is 1.43. The molecular weight excluding hydrogens is 337 g/mol. The number of methoxy groups -OCH3 is 1. The number of rotatable bonds is 5. The molecule has 0 amide bonds. The van der Waals surface area contributed by atoms with Crippen molar-refractivity contribution in [2.75, 3.05) is 25.6 Å². The Bertz CT molecular complexity index is 820. The number of nitrogens with one attached hydrogen (secondary N) is 2. The molecule has 4 nitrogen and oxygen atoms in total. The van der Waals surface area contributed by atoms with Gasteiger partial charge >= 0.3 is 0 Å². The number of halogens is 1. The van der Waals surface area contributed by atoms with Crippen LogP contribution in [-0.2, 0) is 4.74 Å². The molecule has 0 bridgehead atoms. The second kappa shape index (κ2) is 7.06. The number of nitrogens with zero attached hydrogens (tertiary/aromatic N) is 1. The van der Waals surface area contributed by atoms with Crippen LogP contribution in [-0.4, -0.2) is 26.2 Å². The first kappa shape index (κ1) is 16.4. The average molecular weight is 357 g/mol. The number of fused-ring (bicyclic) bond motifs is 1. The second-order valence-corrected chi connectivity index (χ2v) is 7.03. The van der Waals surface area contributed by atoms with E-state index in [4.69, 9.17) is 4.74 Å². The molecule has 4 rings (SSSR count). The molecule has 2 aromatic rings. The van der Waals surface area contributed by atoms with Gasteiger partial charge in [0.15, 0.2) is 0 Å². The summed E-state index contributed by atoms with van der Waals surface area (Å²) in [6.45, 7) is 1.28. The lowest BCUT2D eigenvalue weighted by Crippen LogP contribution is -2.34. The van der Waals surface area contributed by atoms with Crippen molar-refractivity contribution in [3.05, 3.63) is 47.8 Å². The zero-order valence-electron chi connectivity index (χ0n) is 14.0. The fourth-order valence-corrected chi connectivity index (χ4v) is 3.79. The topological polar surface area (TPSA) is 45.6 Å². The van der Waals surface area contributed by atoms with E-state index >= 15 is 0 Å². The lowest BCUT2D eigenvalue weighted by Gasteiger charge is -2.22. The van der Waals surface area contributed by atoms with Crippen molar-refractivity contribution in [3.63, 3.8) is 0 Å². The molecule has 0 atom stereocenters. The standard InChI is InChI=1S/C19H20FN3OS/c1-24-11-10-21-19-22-18-14(5-3-7-16(18)25-23-19)13-4-2-6-15(20)17(13)12-8-9-12/h2-7,12H,8-11H2,1H3,(H2,21,22,23). The van der Waals surface area contributed by atoms with Gasteiger partial charge in [-0.05, 0) is 42.0 Å². The van der Waals surface area contributed by atoms with Crippen LogP contribution in [0.25, 0.3) is 11.1 Å². The van der Waals surface area contributed by atoms with Crippen LogP contribution in [0.15, 0.2) is 45.7 Å². The summed E-state index contributed by atoms with van der Waals surface area (Å²) in [7, 11) is 1.67. The fourth-order valence-electron chi connectivity index (χ4n) is 3.10. The van der Waals surface area contributed by atoms with E-state index in [0.29, 0.717) is 25.0 Å². The van der Waals surface area contributed by atoms with E-state index in [0.717, 1.165) is 40.1 Å². The molecule has 0 saturated heterocycles. The molecular formula is C19H20FN3OS. The van der Waals surface area contributed by atoms with Crippen LogP contribution in [0.4, 0.5) is 10.1 Å². The number of hydrogen-bond donors (Lipinski definition) is 2.